The summed E-state index contributed by atoms with van der Waals surface area (Å²) < 4.78 is 27.1. The highest BCUT2D eigenvalue weighted by molar-refractivity contribution is 7.89. The zero-order valence-corrected chi connectivity index (χ0v) is 9.75. The smallest absolute Gasteiger partial charge is 0.238 e. The van der Waals surface area contributed by atoms with Crippen LogP contribution < -0.4 is 9.88 Å². The van der Waals surface area contributed by atoms with Crippen molar-refractivity contribution in [1.82, 2.24) is 0 Å². The van der Waals surface area contributed by atoms with Gasteiger partial charge < -0.3 is 4.74 Å². The van der Waals surface area contributed by atoms with E-state index in [2.05, 4.69) is 0 Å². The van der Waals surface area contributed by atoms with Gasteiger partial charge >= 0.3 is 0 Å². The fourth-order valence-corrected chi connectivity index (χ4v) is 1.56. The van der Waals surface area contributed by atoms with E-state index in [0.717, 1.165) is 0 Å². The number of hydrogen-bond donors (Lipinski definition) is 1. The van der Waals surface area contributed by atoms with Gasteiger partial charge in [0.25, 0.3) is 0 Å². The van der Waals surface area contributed by atoms with Crippen LogP contribution in [0, 0.1) is 0 Å². The van der Waals surface area contributed by atoms with E-state index in [1.165, 1.54) is 24.3 Å². The Morgan fingerprint density at radius 2 is 1.93 bits per heavy atom. The molecular weight excluding hydrogens is 238 g/mol. The average Bonchev–Trinajstić information content (AvgIpc) is 2.17. The van der Waals surface area contributed by atoms with Crippen LogP contribution >= 0.6 is 11.6 Å². The number of rotatable bonds is 4. The van der Waals surface area contributed by atoms with E-state index in [-0.39, 0.29) is 4.90 Å². The van der Waals surface area contributed by atoms with Gasteiger partial charge in [0.2, 0.25) is 10.0 Å². The van der Waals surface area contributed by atoms with Crippen molar-refractivity contribution in [3.05, 3.63) is 24.3 Å². The summed E-state index contributed by atoms with van der Waals surface area (Å²) in [7, 11) is -3.64. The summed E-state index contributed by atoms with van der Waals surface area (Å²) in [4.78, 5) is 0.0532. The van der Waals surface area contributed by atoms with Gasteiger partial charge in [0.15, 0.2) is 5.56 Å². The van der Waals surface area contributed by atoms with E-state index in [1.54, 1.807) is 0 Å². The number of ether oxygens (including phenoxy) is 1. The Morgan fingerprint density at radius 1 is 1.40 bits per heavy atom. The van der Waals surface area contributed by atoms with Crippen LogP contribution in [0.15, 0.2) is 29.2 Å². The molecule has 4 nitrogen and oxygen atoms in total. The fraction of sp³-hybridized carbons (Fsp3) is 0.333. The Kier molecular flexibility index (Phi) is 3.96. The molecule has 15 heavy (non-hydrogen) atoms. The Hall–Kier alpha value is -0.780. The SMILES string of the molecule is CCC(Cl)Oc1ccc(S(N)(=O)=O)cc1. The van der Waals surface area contributed by atoms with E-state index in [0.29, 0.717) is 12.2 Å². The molecule has 0 aromatic heterocycles. The Bertz CT molecular complexity index is 415. The van der Waals surface area contributed by atoms with Crippen molar-refractivity contribution in [1.29, 1.82) is 0 Å². The lowest BCUT2D eigenvalue weighted by molar-refractivity contribution is 0.277. The molecule has 6 heteroatoms. The van der Waals surface area contributed by atoms with Crippen molar-refractivity contribution in [3.8, 4) is 5.75 Å². The highest BCUT2D eigenvalue weighted by Gasteiger charge is 2.08. The molecule has 0 aliphatic heterocycles. The van der Waals surface area contributed by atoms with Gasteiger partial charge in [-0.05, 0) is 30.7 Å². The molecule has 0 amide bonds. The molecule has 0 heterocycles. The summed E-state index contributed by atoms with van der Waals surface area (Å²) >= 11 is 5.76. The van der Waals surface area contributed by atoms with E-state index in [1.807, 2.05) is 6.92 Å². The van der Waals surface area contributed by atoms with Gasteiger partial charge in [0, 0.05) is 0 Å². The van der Waals surface area contributed by atoms with E-state index < -0.39 is 15.6 Å². The predicted octanol–water partition coefficient (Wildman–Crippen LogP) is 1.69. The maximum absolute atomic E-state index is 10.9. The topological polar surface area (TPSA) is 69.4 Å². The van der Waals surface area contributed by atoms with Gasteiger partial charge in [-0.3, -0.25) is 0 Å². The van der Waals surface area contributed by atoms with Gasteiger partial charge in [-0.25, -0.2) is 13.6 Å². The Labute approximate surface area is 94.0 Å². The minimum Gasteiger partial charge on any atom is -0.475 e. The third kappa shape index (κ3) is 3.70. The predicted molar refractivity (Wildman–Crippen MR) is 58.4 cm³/mol. The molecule has 1 unspecified atom stereocenters. The molecule has 0 saturated carbocycles. The summed E-state index contributed by atoms with van der Waals surface area (Å²) in [5, 5.41) is 4.94. The Morgan fingerprint density at radius 3 is 2.33 bits per heavy atom. The minimum absolute atomic E-state index is 0.0532. The van der Waals surface area contributed by atoms with Crippen LogP contribution in [0.1, 0.15) is 13.3 Å². The van der Waals surface area contributed by atoms with E-state index in [4.69, 9.17) is 21.5 Å². The van der Waals surface area contributed by atoms with Crippen LogP contribution in [0.25, 0.3) is 0 Å². The zero-order valence-electron chi connectivity index (χ0n) is 8.18. The van der Waals surface area contributed by atoms with Crippen molar-refractivity contribution in [2.75, 3.05) is 0 Å². The number of nitrogens with two attached hydrogens (primary N) is 1. The zero-order chi connectivity index (χ0) is 11.5. The molecule has 0 saturated heterocycles. The third-order valence-electron chi connectivity index (χ3n) is 1.74. The quantitative estimate of drug-likeness (QED) is 0.826. The summed E-state index contributed by atoms with van der Waals surface area (Å²) in [6.45, 7) is 1.89. The number of alkyl halides is 1. The second kappa shape index (κ2) is 4.83. The first-order valence-corrected chi connectivity index (χ1v) is 6.35. The molecule has 2 N–H and O–H groups in total. The minimum atomic E-state index is -3.64. The van der Waals surface area contributed by atoms with Crippen LogP contribution in [0.3, 0.4) is 0 Å². The molecule has 0 spiro atoms. The lowest BCUT2D eigenvalue weighted by atomic mass is 10.3. The summed E-state index contributed by atoms with van der Waals surface area (Å²) in [5.41, 5.74) is -0.412. The lowest BCUT2D eigenvalue weighted by Gasteiger charge is -2.10. The van der Waals surface area contributed by atoms with Crippen LogP contribution in [-0.4, -0.2) is 14.0 Å². The first-order valence-electron chi connectivity index (χ1n) is 4.37. The van der Waals surface area contributed by atoms with Crippen LogP contribution in [0.2, 0.25) is 0 Å². The molecule has 0 bridgehead atoms. The number of sulfonamides is 1. The molecule has 0 aliphatic rings. The number of benzene rings is 1. The molecule has 1 aromatic rings. The van der Waals surface area contributed by atoms with Crippen LogP contribution in [0.5, 0.6) is 5.75 Å². The van der Waals surface area contributed by atoms with Crippen LogP contribution in [-0.2, 0) is 10.0 Å². The second-order valence-corrected chi connectivity index (χ2v) is 5.00. The highest BCUT2D eigenvalue weighted by atomic mass is 35.5. The normalized spacial score (nSPS) is 13.5. The number of halogens is 1. The fourth-order valence-electron chi connectivity index (χ4n) is 0.939. The van der Waals surface area contributed by atoms with Crippen LogP contribution in [0.4, 0.5) is 0 Å². The first kappa shape index (κ1) is 12.3. The van der Waals surface area contributed by atoms with Gasteiger partial charge in [-0.15, -0.1) is 0 Å². The standard InChI is InChI=1S/C9H12ClNO3S/c1-2-9(10)14-7-3-5-8(6-4-7)15(11,12)13/h3-6,9H,2H2,1H3,(H2,11,12,13). The van der Waals surface area contributed by atoms with Crippen molar-refractivity contribution >= 4 is 21.6 Å². The molecule has 0 aliphatic carbocycles. The highest BCUT2D eigenvalue weighted by Crippen LogP contribution is 2.18. The maximum atomic E-state index is 10.9. The molecule has 0 radical (unpaired) electrons. The molecule has 0 fully saturated rings. The largest absolute Gasteiger partial charge is 0.475 e. The average molecular weight is 250 g/mol. The molecule has 1 atom stereocenters. The van der Waals surface area contributed by atoms with Gasteiger partial charge in [0.05, 0.1) is 4.90 Å². The molecule has 1 aromatic carbocycles. The van der Waals surface area contributed by atoms with E-state index in [9.17, 15) is 8.42 Å². The lowest BCUT2D eigenvalue weighted by Crippen LogP contribution is -2.12. The first-order chi connectivity index (χ1) is 6.93. The maximum Gasteiger partial charge on any atom is 0.238 e. The summed E-state index contributed by atoms with van der Waals surface area (Å²) in [6.07, 6.45) is 0.665. The third-order valence-corrected chi connectivity index (χ3v) is 3.06. The summed E-state index contributed by atoms with van der Waals surface area (Å²) in [5.74, 6) is 0.518. The monoisotopic (exact) mass is 249 g/mol. The molecule has 1 rings (SSSR count). The summed E-state index contributed by atoms with van der Waals surface area (Å²) in [6, 6.07) is 5.80. The van der Waals surface area contributed by atoms with Gasteiger partial charge in [0.1, 0.15) is 5.75 Å². The second-order valence-electron chi connectivity index (χ2n) is 2.95. The van der Waals surface area contributed by atoms with Crippen molar-refractivity contribution in [3.63, 3.8) is 0 Å². The molecular formula is C9H12ClNO3S. The van der Waals surface area contributed by atoms with Gasteiger partial charge in [-0.1, -0.05) is 18.5 Å². The molecule has 84 valence electrons. The van der Waals surface area contributed by atoms with Crippen molar-refractivity contribution in [2.45, 2.75) is 23.8 Å². The van der Waals surface area contributed by atoms with Crippen molar-refractivity contribution < 1.29 is 13.2 Å². The van der Waals surface area contributed by atoms with Gasteiger partial charge in [-0.2, -0.15) is 0 Å². The van der Waals surface area contributed by atoms with Crippen molar-refractivity contribution in [2.24, 2.45) is 5.14 Å². The Balaban J connectivity index is 2.82. The number of hydrogen-bond acceptors (Lipinski definition) is 3. The number of primary sulfonamides is 1. The van der Waals surface area contributed by atoms with E-state index >= 15 is 0 Å².